The summed E-state index contributed by atoms with van der Waals surface area (Å²) in [4.78, 5) is 9.52. The minimum absolute atomic E-state index is 0.333. The first kappa shape index (κ1) is 2.27. The van der Waals surface area contributed by atoms with Gasteiger partial charge in [0.25, 0.3) is 0 Å². The first-order valence-electron chi connectivity index (χ1n) is 1.05. The van der Waals surface area contributed by atoms with Gasteiger partial charge in [-0.2, -0.15) is 0 Å². The molecular formula is C2H2OS. The van der Waals surface area contributed by atoms with E-state index in [-0.39, 0.29) is 0 Å². The Bertz CT molecular complexity index is 44.0. The number of thioether (sulfide) groups is 1. The van der Waals surface area contributed by atoms with Crippen molar-refractivity contribution in [3.8, 4) is 0 Å². The van der Waals surface area contributed by atoms with Crippen molar-refractivity contribution in [3.63, 3.8) is 0 Å². The lowest BCUT2D eigenvalue weighted by atomic mass is 11.0. The monoisotopic (exact) mass is 74.0 g/mol. The number of hydrogen-bond donors (Lipinski definition) is 0. The Balaban J connectivity index is 2.60. The molecule has 4 heavy (non-hydrogen) atoms. The molecule has 0 spiro atoms. The van der Waals surface area contributed by atoms with Crippen LogP contribution < -0.4 is 0 Å². The molecule has 0 aromatic carbocycles. The van der Waals surface area contributed by atoms with Gasteiger partial charge in [0.2, 0.25) is 0 Å². The third-order valence-electron chi connectivity index (χ3n) is 0.262. The molecule has 0 aromatic heterocycles. The van der Waals surface area contributed by atoms with Gasteiger partial charge in [0.05, 0.1) is 5.75 Å². The molecule has 1 heterocycles. The van der Waals surface area contributed by atoms with E-state index in [1.165, 1.54) is 11.8 Å². The largest absolute Gasteiger partial charge is 0.286 e. The molecule has 1 aliphatic rings. The average Bonchev–Trinajstić information content (AvgIpc) is 1.75. The molecule has 22 valence electrons. The van der Waals surface area contributed by atoms with Crippen molar-refractivity contribution in [1.29, 1.82) is 0 Å². The number of carbonyl (C=O) groups excluding carboxylic acids is 1. The zero-order valence-corrected chi connectivity index (χ0v) is 2.84. The van der Waals surface area contributed by atoms with Crippen LogP contribution in [0.3, 0.4) is 0 Å². The van der Waals surface area contributed by atoms with Gasteiger partial charge in [0.1, 0.15) is 0 Å². The topological polar surface area (TPSA) is 17.1 Å². The van der Waals surface area contributed by atoms with E-state index in [4.69, 9.17) is 0 Å². The molecule has 1 rings (SSSR count). The molecule has 1 fully saturated rings. The number of rotatable bonds is 0. The SMILES string of the molecule is O=C1CS1. The molecule has 0 N–H and O–H groups in total. The molecule has 1 nitrogen and oxygen atoms in total. The van der Waals surface area contributed by atoms with Gasteiger partial charge in [-0.3, -0.25) is 4.79 Å². The van der Waals surface area contributed by atoms with Gasteiger partial charge < -0.3 is 0 Å². The molecule has 0 radical (unpaired) electrons. The summed E-state index contributed by atoms with van der Waals surface area (Å²) in [7, 11) is 0. The number of hydrogen-bond acceptors (Lipinski definition) is 2. The van der Waals surface area contributed by atoms with E-state index in [1.54, 1.807) is 0 Å². The predicted octanol–water partition coefficient (Wildman–Crippen LogP) is 0.260. The number of carbonyl (C=O) groups is 1. The van der Waals surface area contributed by atoms with Crippen molar-refractivity contribution in [2.75, 3.05) is 5.75 Å². The third-order valence-corrected chi connectivity index (χ3v) is 0.787. The van der Waals surface area contributed by atoms with Crippen LogP contribution in [0.5, 0.6) is 0 Å². The maximum Gasteiger partial charge on any atom is 0.199 e. The summed E-state index contributed by atoms with van der Waals surface area (Å²) in [5.74, 6) is 0.764. The van der Waals surface area contributed by atoms with E-state index in [1.807, 2.05) is 0 Å². The first-order valence-corrected chi connectivity index (χ1v) is 2.04. The zero-order chi connectivity index (χ0) is 2.99. The van der Waals surface area contributed by atoms with Crippen LogP contribution in [0, 0.1) is 0 Å². The van der Waals surface area contributed by atoms with E-state index >= 15 is 0 Å². The fourth-order valence-corrected chi connectivity index (χ4v) is 0.0884. The normalized spacial score (nSPS) is 21.5. The van der Waals surface area contributed by atoms with Crippen molar-refractivity contribution < 1.29 is 4.79 Å². The van der Waals surface area contributed by atoms with Crippen LogP contribution in [0.4, 0.5) is 0 Å². The Morgan fingerprint density at radius 2 is 2.25 bits per heavy atom. The van der Waals surface area contributed by atoms with Crippen LogP contribution in [0.25, 0.3) is 0 Å². The van der Waals surface area contributed by atoms with Crippen LogP contribution >= 0.6 is 11.8 Å². The highest BCUT2D eigenvalue weighted by atomic mass is 32.2. The molecule has 0 unspecified atom stereocenters. The van der Waals surface area contributed by atoms with Crippen LogP contribution in [0.15, 0.2) is 0 Å². The maximum atomic E-state index is 9.52. The lowest BCUT2D eigenvalue weighted by Gasteiger charge is -1.23. The minimum atomic E-state index is 0.333. The summed E-state index contributed by atoms with van der Waals surface area (Å²) in [6, 6.07) is 0. The molecule has 0 saturated carbocycles. The van der Waals surface area contributed by atoms with Crippen LogP contribution in [-0.2, 0) is 4.79 Å². The Kier molecular flexibility index (Phi) is 0.277. The van der Waals surface area contributed by atoms with Crippen molar-refractivity contribution in [3.05, 3.63) is 0 Å². The second-order valence-electron chi connectivity index (χ2n) is 0.661. The van der Waals surface area contributed by atoms with Gasteiger partial charge in [-0.15, -0.1) is 0 Å². The van der Waals surface area contributed by atoms with Gasteiger partial charge in [0.15, 0.2) is 5.12 Å². The van der Waals surface area contributed by atoms with Gasteiger partial charge in [-0.1, -0.05) is 11.8 Å². The van der Waals surface area contributed by atoms with Crippen molar-refractivity contribution in [2.45, 2.75) is 0 Å². The average molecular weight is 74.1 g/mol. The highest BCUT2D eigenvalue weighted by Gasteiger charge is 2.15. The van der Waals surface area contributed by atoms with E-state index < -0.39 is 0 Å². The Hall–Kier alpha value is 0.0200. The summed E-state index contributed by atoms with van der Waals surface area (Å²) in [5.41, 5.74) is 0. The highest BCUT2D eigenvalue weighted by molar-refractivity contribution is 8.24. The molecule has 1 saturated heterocycles. The first-order chi connectivity index (χ1) is 1.89. The Morgan fingerprint density at radius 3 is 2.25 bits per heavy atom. The van der Waals surface area contributed by atoms with E-state index in [0.29, 0.717) is 5.12 Å². The van der Waals surface area contributed by atoms with Crippen LogP contribution in [0.1, 0.15) is 0 Å². The summed E-state index contributed by atoms with van der Waals surface area (Å²) < 4.78 is 0. The Morgan fingerprint density at radius 1 is 2.00 bits per heavy atom. The van der Waals surface area contributed by atoms with Gasteiger partial charge >= 0.3 is 0 Å². The van der Waals surface area contributed by atoms with Crippen LogP contribution in [-0.4, -0.2) is 10.9 Å². The van der Waals surface area contributed by atoms with E-state index in [2.05, 4.69) is 0 Å². The minimum Gasteiger partial charge on any atom is -0.286 e. The molecule has 1 aliphatic heterocycles. The van der Waals surface area contributed by atoms with E-state index in [9.17, 15) is 4.79 Å². The second kappa shape index (κ2) is 0.489. The third kappa shape index (κ3) is 0.230. The lowest BCUT2D eigenvalue weighted by Crippen LogP contribution is -1.48. The molecule has 0 atom stereocenters. The van der Waals surface area contributed by atoms with Crippen LogP contribution in [0.2, 0.25) is 0 Å². The molecule has 0 amide bonds. The van der Waals surface area contributed by atoms with E-state index in [0.717, 1.165) is 5.75 Å². The van der Waals surface area contributed by atoms with Gasteiger partial charge in [0, 0.05) is 0 Å². The fraction of sp³-hybridized carbons (Fsp3) is 0.500. The summed E-state index contributed by atoms with van der Waals surface area (Å²) in [5, 5.41) is 0.333. The second-order valence-corrected chi connectivity index (χ2v) is 1.69. The predicted molar refractivity (Wildman–Crippen MR) is 17.5 cm³/mol. The summed E-state index contributed by atoms with van der Waals surface area (Å²) >= 11 is 1.38. The highest BCUT2D eigenvalue weighted by Crippen LogP contribution is 2.18. The van der Waals surface area contributed by atoms with Gasteiger partial charge in [-0.05, 0) is 0 Å². The van der Waals surface area contributed by atoms with Gasteiger partial charge in [-0.25, -0.2) is 0 Å². The lowest BCUT2D eigenvalue weighted by molar-refractivity contribution is -0.106. The molecule has 0 aromatic rings. The quantitative estimate of drug-likeness (QED) is 0.383. The molecule has 0 aliphatic carbocycles. The fourth-order valence-electron chi connectivity index (χ4n) is 0.0295. The van der Waals surface area contributed by atoms with Crippen molar-refractivity contribution in [2.24, 2.45) is 0 Å². The summed E-state index contributed by atoms with van der Waals surface area (Å²) in [6.45, 7) is 0. The standard InChI is InChI=1S/C2H2OS/c3-2-1-4-2/h1H2. The van der Waals surface area contributed by atoms with Crippen molar-refractivity contribution in [1.82, 2.24) is 0 Å². The zero-order valence-electron chi connectivity index (χ0n) is 2.02. The molecule has 2 heteroatoms. The summed E-state index contributed by atoms with van der Waals surface area (Å²) in [6.07, 6.45) is 0. The maximum absolute atomic E-state index is 9.52. The molecular weight excluding hydrogens is 72.1 g/mol. The smallest absolute Gasteiger partial charge is 0.199 e. The molecule has 0 bridgehead atoms. The van der Waals surface area contributed by atoms with Crippen molar-refractivity contribution >= 4 is 16.9 Å². The Labute approximate surface area is 28.4 Å².